The van der Waals surface area contributed by atoms with Gasteiger partial charge in [0.15, 0.2) is 5.65 Å². The lowest BCUT2D eigenvalue weighted by Crippen LogP contribution is -2.39. The number of hydrogen-bond acceptors (Lipinski definition) is 7. The number of halogens is 1. The molecule has 3 N–H and O–H groups in total. The van der Waals surface area contributed by atoms with Crippen LogP contribution in [0.2, 0.25) is 5.02 Å². The van der Waals surface area contributed by atoms with E-state index in [0.717, 1.165) is 61.2 Å². The third-order valence-corrected chi connectivity index (χ3v) is 8.77. The largest absolute Gasteiger partial charge is 0.367 e. The highest BCUT2D eigenvalue weighted by atomic mass is 35.5. The SMILES string of the molecule is Cc1cn2nc([C@@H]3CCCCN3C(=O)c3cc(Cl)ccc3NS(C)(=O)=O)cc2nc1N[C@H]1C[C@H]2C[C@@H]1CN2. The van der Waals surface area contributed by atoms with Crippen molar-refractivity contribution in [3.05, 3.63) is 52.3 Å². The van der Waals surface area contributed by atoms with Gasteiger partial charge in [0.2, 0.25) is 10.0 Å². The number of sulfonamides is 1. The van der Waals surface area contributed by atoms with E-state index in [0.29, 0.717) is 29.6 Å². The van der Waals surface area contributed by atoms with E-state index >= 15 is 0 Å². The highest BCUT2D eigenvalue weighted by Crippen LogP contribution is 2.36. The van der Waals surface area contributed by atoms with Crippen LogP contribution in [0.25, 0.3) is 5.65 Å². The summed E-state index contributed by atoms with van der Waals surface area (Å²) in [7, 11) is -3.58. The number of likely N-dealkylation sites (tertiary alicyclic amines) is 1. The molecule has 2 aromatic heterocycles. The number of piperidine rings is 2. The van der Waals surface area contributed by atoms with Crippen molar-refractivity contribution in [2.75, 3.05) is 29.4 Å². The quantitative estimate of drug-likeness (QED) is 0.423. The maximum absolute atomic E-state index is 13.8. The number of carbonyl (C=O) groups is 1. The summed E-state index contributed by atoms with van der Waals surface area (Å²) in [5.74, 6) is 1.23. The minimum Gasteiger partial charge on any atom is -0.367 e. The molecule has 2 aliphatic heterocycles. The van der Waals surface area contributed by atoms with Gasteiger partial charge in [-0.15, -0.1) is 0 Å². The number of nitrogens with one attached hydrogen (secondary N) is 3. The zero-order chi connectivity index (χ0) is 26.6. The number of aryl methyl sites for hydroxylation is 1. The molecule has 202 valence electrons. The van der Waals surface area contributed by atoms with Crippen LogP contribution in [0, 0.1) is 12.8 Å². The zero-order valence-electron chi connectivity index (χ0n) is 21.4. The van der Waals surface area contributed by atoms with Crippen LogP contribution in [0.15, 0.2) is 30.5 Å². The summed E-state index contributed by atoms with van der Waals surface area (Å²) < 4.78 is 28.1. The fourth-order valence-electron chi connectivity index (χ4n) is 6.14. The Hall–Kier alpha value is -2.89. The number of benzene rings is 1. The molecule has 3 aromatic rings. The Bertz CT molecular complexity index is 1510. The van der Waals surface area contributed by atoms with Gasteiger partial charge in [-0.05, 0) is 63.1 Å². The molecule has 1 aromatic carbocycles. The van der Waals surface area contributed by atoms with Gasteiger partial charge in [0, 0.05) is 48.0 Å². The number of hydrogen-bond donors (Lipinski definition) is 3. The number of carbonyl (C=O) groups excluding carboxylic acids is 1. The van der Waals surface area contributed by atoms with E-state index in [1.54, 1.807) is 15.5 Å². The maximum Gasteiger partial charge on any atom is 0.256 e. The average Bonchev–Trinajstić information content (AvgIpc) is 3.60. The van der Waals surface area contributed by atoms with Gasteiger partial charge < -0.3 is 15.5 Å². The van der Waals surface area contributed by atoms with Gasteiger partial charge in [0.25, 0.3) is 5.91 Å². The third-order valence-electron chi connectivity index (χ3n) is 7.95. The molecule has 4 heterocycles. The highest BCUT2D eigenvalue weighted by Gasteiger charge is 2.39. The number of aromatic nitrogens is 3. The molecule has 4 atom stereocenters. The van der Waals surface area contributed by atoms with E-state index in [-0.39, 0.29) is 23.2 Å². The minimum absolute atomic E-state index is 0.213. The fraction of sp³-hybridized carbons (Fsp3) is 0.500. The second-order valence-corrected chi connectivity index (χ2v) is 13.0. The molecule has 3 aliphatic rings. The summed E-state index contributed by atoms with van der Waals surface area (Å²) in [6.07, 6.45) is 7.95. The minimum atomic E-state index is -3.58. The van der Waals surface area contributed by atoms with Crippen LogP contribution in [-0.4, -0.2) is 65.3 Å². The molecule has 3 fully saturated rings. The summed E-state index contributed by atoms with van der Waals surface area (Å²) >= 11 is 6.21. The second-order valence-electron chi connectivity index (χ2n) is 10.8. The first-order valence-corrected chi connectivity index (χ1v) is 15.4. The van der Waals surface area contributed by atoms with E-state index in [2.05, 4.69) is 15.4 Å². The molecule has 12 heteroatoms. The molecule has 6 rings (SSSR count). The molecular weight excluding hydrogens is 526 g/mol. The third kappa shape index (κ3) is 4.94. The lowest BCUT2D eigenvalue weighted by molar-refractivity contribution is 0.0607. The first kappa shape index (κ1) is 25.4. The van der Waals surface area contributed by atoms with Crippen molar-refractivity contribution in [2.45, 2.75) is 57.2 Å². The van der Waals surface area contributed by atoms with Crippen molar-refractivity contribution in [2.24, 2.45) is 5.92 Å². The molecule has 38 heavy (non-hydrogen) atoms. The topological polar surface area (TPSA) is 121 Å². The lowest BCUT2D eigenvalue weighted by atomic mass is 9.98. The fourth-order valence-corrected chi connectivity index (χ4v) is 6.89. The smallest absolute Gasteiger partial charge is 0.256 e. The standard InChI is InChI=1S/C26H32ClN7O3S/c1-15-14-34-24(30-25(15)29-21-11-18-9-16(21)13-28-18)12-22(31-34)23-5-3-4-8-33(23)26(35)19-10-17(27)6-7-20(19)32-38(2,36)37/h6-7,10,12,14,16,18,21,23,28,32H,3-5,8-9,11,13H2,1-2H3,(H,29,30)/t16-,18-,21+,23+/m1/s1. The monoisotopic (exact) mass is 557 g/mol. The number of fused-ring (bicyclic) bond motifs is 3. The van der Waals surface area contributed by atoms with Gasteiger partial charge >= 0.3 is 0 Å². The molecule has 1 aliphatic carbocycles. The molecule has 10 nitrogen and oxygen atoms in total. The first-order chi connectivity index (χ1) is 18.1. The van der Waals surface area contributed by atoms with Gasteiger partial charge in [0.1, 0.15) is 5.82 Å². The Balaban J connectivity index is 1.29. The van der Waals surface area contributed by atoms with Gasteiger partial charge in [0.05, 0.1) is 29.2 Å². The maximum atomic E-state index is 13.8. The predicted octanol–water partition coefficient (Wildman–Crippen LogP) is 3.59. The van der Waals surface area contributed by atoms with Crippen molar-refractivity contribution < 1.29 is 13.2 Å². The predicted molar refractivity (Wildman–Crippen MR) is 147 cm³/mol. The Morgan fingerprint density at radius 1 is 1.21 bits per heavy atom. The zero-order valence-corrected chi connectivity index (χ0v) is 23.0. The van der Waals surface area contributed by atoms with Crippen LogP contribution in [-0.2, 0) is 10.0 Å². The van der Waals surface area contributed by atoms with Crippen molar-refractivity contribution in [3.8, 4) is 0 Å². The Morgan fingerprint density at radius 2 is 2.05 bits per heavy atom. The molecule has 0 radical (unpaired) electrons. The van der Waals surface area contributed by atoms with Gasteiger partial charge in [-0.25, -0.2) is 17.9 Å². The summed E-state index contributed by atoms with van der Waals surface area (Å²) in [5.41, 5.74) is 2.96. The molecular formula is C26H32ClN7O3S. The lowest BCUT2D eigenvalue weighted by Gasteiger charge is -2.35. The van der Waals surface area contributed by atoms with E-state index in [9.17, 15) is 13.2 Å². The first-order valence-electron chi connectivity index (χ1n) is 13.1. The second kappa shape index (κ2) is 9.69. The van der Waals surface area contributed by atoms with Crippen LogP contribution < -0.4 is 15.4 Å². The van der Waals surface area contributed by atoms with Gasteiger partial charge in [-0.1, -0.05) is 11.6 Å². The summed E-state index contributed by atoms with van der Waals surface area (Å²) in [6, 6.07) is 7.33. The van der Waals surface area contributed by atoms with Crippen LogP contribution in [0.3, 0.4) is 0 Å². The number of nitrogens with zero attached hydrogens (tertiary/aromatic N) is 4. The van der Waals surface area contributed by atoms with Crippen molar-refractivity contribution in [3.63, 3.8) is 0 Å². The van der Waals surface area contributed by atoms with Crippen molar-refractivity contribution in [1.82, 2.24) is 24.8 Å². The molecule has 1 saturated carbocycles. The van der Waals surface area contributed by atoms with Crippen molar-refractivity contribution in [1.29, 1.82) is 0 Å². The average molecular weight is 558 g/mol. The summed E-state index contributed by atoms with van der Waals surface area (Å²) in [6.45, 7) is 3.63. The molecule has 2 saturated heterocycles. The molecule has 0 unspecified atom stereocenters. The van der Waals surface area contributed by atoms with Crippen LogP contribution in [0.1, 0.15) is 59.8 Å². The Kier molecular flexibility index (Phi) is 6.48. The van der Waals surface area contributed by atoms with Crippen LogP contribution in [0.4, 0.5) is 11.5 Å². The summed E-state index contributed by atoms with van der Waals surface area (Å²) in [4.78, 5) is 20.5. The van der Waals surface area contributed by atoms with Gasteiger partial charge in [-0.2, -0.15) is 5.10 Å². The number of rotatable bonds is 6. The molecule has 0 spiro atoms. The Labute approximate surface area is 227 Å². The van der Waals surface area contributed by atoms with E-state index in [1.165, 1.54) is 18.6 Å². The number of amides is 1. The van der Waals surface area contributed by atoms with Crippen molar-refractivity contribution >= 4 is 44.7 Å². The van der Waals surface area contributed by atoms with E-state index in [1.807, 2.05) is 19.2 Å². The normalized spacial score (nSPS) is 25.2. The van der Waals surface area contributed by atoms with Gasteiger partial charge in [-0.3, -0.25) is 9.52 Å². The summed E-state index contributed by atoms with van der Waals surface area (Å²) in [5, 5.41) is 12.4. The molecule has 1 amide bonds. The molecule has 2 bridgehead atoms. The van der Waals surface area contributed by atoms with Crippen LogP contribution in [0.5, 0.6) is 0 Å². The number of anilines is 2. The van der Waals surface area contributed by atoms with E-state index < -0.39 is 10.0 Å². The van der Waals surface area contributed by atoms with Crippen LogP contribution >= 0.6 is 11.6 Å². The highest BCUT2D eigenvalue weighted by molar-refractivity contribution is 7.92. The Morgan fingerprint density at radius 3 is 2.79 bits per heavy atom. The van der Waals surface area contributed by atoms with E-state index in [4.69, 9.17) is 21.7 Å².